The molecule has 1 saturated heterocycles. The zero-order chi connectivity index (χ0) is 16.0. The molecule has 118 valence electrons. The average molecular weight is 311 g/mol. The molecule has 0 bridgehead atoms. The maximum atomic E-state index is 10.8. The zero-order valence-corrected chi connectivity index (χ0v) is 11.0. The summed E-state index contributed by atoms with van der Waals surface area (Å²) in [5, 5.41) is 38.3. The van der Waals surface area contributed by atoms with Crippen molar-refractivity contribution in [3.63, 3.8) is 0 Å². The number of anilines is 1. The highest BCUT2D eigenvalue weighted by Gasteiger charge is 2.49. The minimum atomic E-state index is -1.98. The number of aliphatic hydroxyl groups is 3. The van der Waals surface area contributed by atoms with Crippen LogP contribution in [-0.4, -0.2) is 70.3 Å². The molecule has 0 spiro atoms. The Balaban J connectivity index is 1.98. The van der Waals surface area contributed by atoms with Gasteiger partial charge in [-0.3, -0.25) is 4.57 Å². The van der Waals surface area contributed by atoms with E-state index in [1.807, 2.05) is 0 Å². The van der Waals surface area contributed by atoms with Gasteiger partial charge in [0.05, 0.1) is 6.33 Å². The van der Waals surface area contributed by atoms with Crippen LogP contribution in [0.25, 0.3) is 11.2 Å². The number of ether oxygens (including phenoxy) is 1. The Hall–Kier alpha value is -2.34. The molecule has 22 heavy (non-hydrogen) atoms. The number of nitrogens with zero attached hydrogens (tertiary/aromatic N) is 4. The maximum Gasteiger partial charge on any atom is 0.335 e. The lowest BCUT2D eigenvalue weighted by molar-refractivity contribution is -0.160. The number of aliphatic hydroxyl groups excluding tert-OH is 3. The summed E-state index contributed by atoms with van der Waals surface area (Å²) in [6, 6.07) is 0. The summed E-state index contributed by atoms with van der Waals surface area (Å²) >= 11 is 0. The van der Waals surface area contributed by atoms with Crippen LogP contribution in [0.2, 0.25) is 0 Å². The summed E-state index contributed by atoms with van der Waals surface area (Å²) in [4.78, 5) is 22.5. The van der Waals surface area contributed by atoms with E-state index < -0.39 is 36.6 Å². The second-order valence-electron chi connectivity index (χ2n) is 4.84. The first-order valence-corrected chi connectivity index (χ1v) is 6.27. The summed E-state index contributed by atoms with van der Waals surface area (Å²) in [6.45, 7) is 0. The molecule has 0 aliphatic carbocycles. The fourth-order valence-electron chi connectivity index (χ4n) is 2.37. The number of carbonyl (C=O) groups is 1. The fourth-order valence-corrected chi connectivity index (χ4v) is 2.37. The molecule has 0 radical (unpaired) electrons. The van der Waals surface area contributed by atoms with Crippen molar-refractivity contribution >= 4 is 23.0 Å². The van der Waals surface area contributed by atoms with Crippen LogP contribution < -0.4 is 5.73 Å². The van der Waals surface area contributed by atoms with Gasteiger partial charge in [0.15, 0.2) is 23.8 Å². The third kappa shape index (κ3) is 2.07. The topological polar surface area (TPSA) is 177 Å². The molecule has 0 amide bonds. The molecule has 2 aromatic rings. The summed E-state index contributed by atoms with van der Waals surface area (Å²) in [6.07, 6.45) is -5.25. The lowest BCUT2D eigenvalue weighted by Gasteiger charge is -2.17. The van der Waals surface area contributed by atoms with Crippen LogP contribution in [0.5, 0.6) is 0 Å². The molecule has 0 saturated carbocycles. The van der Waals surface area contributed by atoms with Crippen molar-refractivity contribution in [3.05, 3.63) is 12.7 Å². The smallest absolute Gasteiger partial charge is 0.335 e. The third-order valence-corrected chi connectivity index (χ3v) is 3.50. The Kier molecular flexibility index (Phi) is 3.41. The van der Waals surface area contributed by atoms with Gasteiger partial charge in [-0.2, -0.15) is 0 Å². The average Bonchev–Trinajstić information content (AvgIpc) is 3.02. The van der Waals surface area contributed by atoms with Gasteiger partial charge in [-0.05, 0) is 0 Å². The highest BCUT2D eigenvalue weighted by Crippen LogP contribution is 2.33. The minimum absolute atomic E-state index is 0.124. The van der Waals surface area contributed by atoms with E-state index in [2.05, 4.69) is 15.0 Å². The molecule has 1 aliphatic heterocycles. The first kappa shape index (κ1) is 14.6. The number of carboxylic acids is 1. The highest BCUT2D eigenvalue weighted by atomic mass is 16.6. The number of hydrogen-bond donors (Lipinski definition) is 5. The van der Waals surface area contributed by atoms with Crippen LogP contribution in [0.15, 0.2) is 12.7 Å². The largest absolute Gasteiger partial charge is 0.479 e. The number of imidazole rings is 1. The number of aromatic nitrogens is 4. The van der Waals surface area contributed by atoms with Crippen LogP contribution in [-0.2, 0) is 9.53 Å². The van der Waals surface area contributed by atoms with Gasteiger partial charge in [0.1, 0.15) is 30.2 Å². The summed E-state index contributed by atoms with van der Waals surface area (Å²) in [7, 11) is 0. The lowest BCUT2D eigenvalue weighted by Crippen LogP contribution is -2.42. The van der Waals surface area contributed by atoms with Crippen LogP contribution in [0.3, 0.4) is 0 Å². The lowest BCUT2D eigenvalue weighted by atomic mass is 10.1. The molecule has 11 nitrogen and oxygen atoms in total. The predicted molar refractivity (Wildman–Crippen MR) is 69.3 cm³/mol. The van der Waals surface area contributed by atoms with E-state index in [0.717, 1.165) is 0 Å². The first-order chi connectivity index (χ1) is 10.4. The number of nitrogens with two attached hydrogens (primary N) is 1. The minimum Gasteiger partial charge on any atom is -0.479 e. The maximum absolute atomic E-state index is 10.8. The van der Waals surface area contributed by atoms with Crippen LogP contribution >= 0.6 is 0 Å². The number of fused-ring (bicyclic) bond motifs is 1. The zero-order valence-electron chi connectivity index (χ0n) is 11.0. The van der Waals surface area contributed by atoms with Gasteiger partial charge in [0.2, 0.25) is 0 Å². The molecule has 1 fully saturated rings. The first-order valence-electron chi connectivity index (χ1n) is 6.27. The van der Waals surface area contributed by atoms with E-state index >= 15 is 0 Å². The Morgan fingerprint density at radius 2 is 2.05 bits per heavy atom. The van der Waals surface area contributed by atoms with Crippen molar-refractivity contribution in [2.24, 2.45) is 0 Å². The molecule has 3 heterocycles. The molecular formula is C11H13N5O6. The standard InChI is InChI=1S/C11H13N5O6/c12-8-3-9(14-1-13-8)16(2-15-3)10-5(18)4(17)7(22-10)6(19)11(20)21/h1-2,4-7,10,17-19H,(H,20,21)(H2,12,13,14)/t4?,5?,6?,7-,10+/m0/s1. The highest BCUT2D eigenvalue weighted by molar-refractivity contribution is 5.81. The molecule has 5 atom stereocenters. The predicted octanol–water partition coefficient (Wildman–Crippen LogP) is -2.53. The second kappa shape index (κ2) is 5.14. The van der Waals surface area contributed by atoms with E-state index in [1.54, 1.807) is 0 Å². The second-order valence-corrected chi connectivity index (χ2v) is 4.84. The quantitative estimate of drug-likeness (QED) is 0.406. The molecule has 1 aliphatic rings. The van der Waals surface area contributed by atoms with Crippen molar-refractivity contribution in [2.75, 3.05) is 5.73 Å². The Labute approximate surface area is 122 Å². The molecule has 3 unspecified atom stereocenters. The Morgan fingerprint density at radius 3 is 2.73 bits per heavy atom. The number of aliphatic carboxylic acids is 1. The van der Waals surface area contributed by atoms with Crippen molar-refractivity contribution in [3.8, 4) is 0 Å². The van der Waals surface area contributed by atoms with Gasteiger partial charge >= 0.3 is 5.97 Å². The van der Waals surface area contributed by atoms with Gasteiger partial charge in [-0.25, -0.2) is 19.7 Å². The number of nitrogen functional groups attached to an aromatic ring is 1. The van der Waals surface area contributed by atoms with Crippen molar-refractivity contribution in [2.45, 2.75) is 30.6 Å². The van der Waals surface area contributed by atoms with Gasteiger partial charge in [0.25, 0.3) is 0 Å². The van der Waals surface area contributed by atoms with Crippen LogP contribution in [0.1, 0.15) is 6.23 Å². The van der Waals surface area contributed by atoms with E-state index in [4.69, 9.17) is 15.6 Å². The monoisotopic (exact) mass is 311 g/mol. The normalized spacial score (nSPS) is 29.8. The molecule has 3 rings (SSSR count). The molecular weight excluding hydrogens is 298 g/mol. The van der Waals surface area contributed by atoms with Gasteiger partial charge in [-0.15, -0.1) is 0 Å². The fraction of sp³-hybridized carbons (Fsp3) is 0.455. The molecule has 6 N–H and O–H groups in total. The van der Waals surface area contributed by atoms with Crippen molar-refractivity contribution in [1.82, 2.24) is 19.5 Å². The SMILES string of the molecule is Nc1ncnc2c1ncn2[C@@H]1O[C@H](C(O)C(=O)O)C(O)C1O. The Morgan fingerprint density at radius 1 is 1.32 bits per heavy atom. The Bertz CT molecular complexity index is 720. The molecule has 2 aromatic heterocycles. The van der Waals surface area contributed by atoms with Gasteiger partial charge in [0, 0.05) is 0 Å². The van der Waals surface area contributed by atoms with E-state index in [1.165, 1.54) is 17.2 Å². The van der Waals surface area contributed by atoms with Gasteiger partial charge < -0.3 is 30.9 Å². The van der Waals surface area contributed by atoms with E-state index in [-0.39, 0.29) is 17.0 Å². The van der Waals surface area contributed by atoms with Crippen LogP contribution in [0, 0.1) is 0 Å². The van der Waals surface area contributed by atoms with Crippen molar-refractivity contribution < 1.29 is 30.0 Å². The third-order valence-electron chi connectivity index (χ3n) is 3.50. The molecule has 0 aromatic carbocycles. The van der Waals surface area contributed by atoms with E-state index in [9.17, 15) is 20.1 Å². The summed E-state index contributed by atoms with van der Waals surface area (Å²) < 4.78 is 6.58. The molecule has 11 heteroatoms. The summed E-state index contributed by atoms with van der Waals surface area (Å²) in [5.41, 5.74) is 6.17. The van der Waals surface area contributed by atoms with E-state index in [0.29, 0.717) is 0 Å². The van der Waals surface area contributed by atoms with Crippen molar-refractivity contribution in [1.29, 1.82) is 0 Å². The number of rotatable bonds is 3. The van der Waals surface area contributed by atoms with Crippen LogP contribution in [0.4, 0.5) is 5.82 Å². The summed E-state index contributed by atoms with van der Waals surface area (Å²) in [5.74, 6) is -1.45. The number of hydrogen-bond acceptors (Lipinski definition) is 9. The number of carboxylic acid groups (broad SMARTS) is 1. The van der Waals surface area contributed by atoms with Gasteiger partial charge in [-0.1, -0.05) is 0 Å².